The molecule has 0 atom stereocenters. The number of halogens is 1. The van der Waals surface area contributed by atoms with Gasteiger partial charge >= 0.3 is 0 Å². The lowest BCUT2D eigenvalue weighted by Gasteiger charge is -2.13. The average Bonchev–Trinajstić information content (AvgIpc) is 2.87. The van der Waals surface area contributed by atoms with Crippen molar-refractivity contribution in [3.05, 3.63) is 103 Å². The van der Waals surface area contributed by atoms with Crippen LogP contribution in [0.5, 0.6) is 11.5 Å². The van der Waals surface area contributed by atoms with Crippen molar-refractivity contribution in [2.45, 2.75) is 26.4 Å². The van der Waals surface area contributed by atoms with E-state index in [4.69, 9.17) is 9.47 Å². The number of hydrogen-bond acceptors (Lipinski definition) is 7. The first-order valence-electron chi connectivity index (χ1n) is 11.1. The second-order valence-electron chi connectivity index (χ2n) is 8.27. The predicted octanol–water partition coefficient (Wildman–Crippen LogP) is 5.66. The van der Waals surface area contributed by atoms with Crippen molar-refractivity contribution in [3.63, 3.8) is 0 Å². The Bertz CT molecular complexity index is 1510. The largest absolute Gasteiger partial charge is 0.493 e. The first-order chi connectivity index (χ1) is 17.3. The van der Waals surface area contributed by atoms with E-state index in [0.717, 1.165) is 10.0 Å². The summed E-state index contributed by atoms with van der Waals surface area (Å²) in [7, 11) is 1.53. The van der Waals surface area contributed by atoms with E-state index in [1.165, 1.54) is 23.9 Å². The molecule has 3 aromatic carbocycles. The lowest BCUT2D eigenvalue weighted by atomic mass is 10.2. The van der Waals surface area contributed by atoms with E-state index in [0.29, 0.717) is 33.8 Å². The van der Waals surface area contributed by atoms with Crippen LogP contribution in [-0.4, -0.2) is 27.9 Å². The van der Waals surface area contributed by atoms with Gasteiger partial charge in [0, 0.05) is 22.5 Å². The van der Waals surface area contributed by atoms with Gasteiger partial charge in [0.2, 0.25) is 0 Å². The van der Waals surface area contributed by atoms with Crippen molar-refractivity contribution in [2.75, 3.05) is 7.11 Å². The number of hydrogen-bond donors (Lipinski definition) is 0. The Morgan fingerprint density at radius 1 is 1.11 bits per heavy atom. The lowest BCUT2D eigenvalue weighted by molar-refractivity contribution is -0.384. The van der Waals surface area contributed by atoms with Crippen molar-refractivity contribution in [2.24, 2.45) is 5.10 Å². The van der Waals surface area contributed by atoms with E-state index in [1.807, 2.05) is 19.9 Å². The molecule has 0 N–H and O–H groups in total. The summed E-state index contributed by atoms with van der Waals surface area (Å²) < 4.78 is 13.4. The molecule has 0 radical (unpaired) electrons. The van der Waals surface area contributed by atoms with E-state index < -0.39 is 4.92 Å². The third-order valence-corrected chi connectivity index (χ3v) is 5.89. The molecule has 9 nitrogen and oxygen atoms in total. The van der Waals surface area contributed by atoms with Crippen LogP contribution in [0.2, 0.25) is 0 Å². The van der Waals surface area contributed by atoms with Crippen LogP contribution in [0, 0.1) is 10.1 Å². The molecular formula is C26H23BrN4O5. The van der Waals surface area contributed by atoms with E-state index in [-0.39, 0.29) is 23.8 Å². The number of non-ortho nitro benzene ring substituents is 1. The van der Waals surface area contributed by atoms with Gasteiger partial charge in [-0.3, -0.25) is 14.9 Å². The molecule has 0 spiro atoms. The molecule has 4 rings (SSSR count). The van der Waals surface area contributed by atoms with Gasteiger partial charge in [-0.2, -0.15) is 9.78 Å². The summed E-state index contributed by atoms with van der Waals surface area (Å²) in [5.74, 6) is 1.52. The number of benzene rings is 3. The van der Waals surface area contributed by atoms with Crippen molar-refractivity contribution >= 4 is 38.7 Å². The summed E-state index contributed by atoms with van der Waals surface area (Å²) in [6.45, 7) is 4.13. The van der Waals surface area contributed by atoms with Gasteiger partial charge in [0.15, 0.2) is 11.5 Å². The fraction of sp³-hybridized carbons (Fsp3) is 0.192. The Kier molecular flexibility index (Phi) is 7.44. The molecule has 0 fully saturated rings. The number of methoxy groups -OCH3 is 1. The molecular weight excluding hydrogens is 528 g/mol. The van der Waals surface area contributed by atoms with Gasteiger partial charge in [-0.15, -0.1) is 0 Å². The zero-order valence-corrected chi connectivity index (χ0v) is 21.4. The SMILES string of the molecule is COc1cc(C=Nn2c(C(C)C)nc3ccc(Br)cc3c2=O)ccc1OCc1ccc([N+](=O)[O-])cc1. The Hall–Kier alpha value is -4.05. The zero-order valence-electron chi connectivity index (χ0n) is 19.8. The maximum atomic E-state index is 13.2. The second-order valence-corrected chi connectivity index (χ2v) is 9.19. The lowest BCUT2D eigenvalue weighted by Crippen LogP contribution is -2.23. The Labute approximate surface area is 215 Å². The summed E-state index contributed by atoms with van der Waals surface area (Å²) in [5, 5.41) is 15.7. The molecule has 184 valence electrons. The third-order valence-electron chi connectivity index (χ3n) is 5.40. The maximum absolute atomic E-state index is 13.2. The Morgan fingerprint density at radius 3 is 2.53 bits per heavy atom. The molecule has 0 saturated heterocycles. The fourth-order valence-electron chi connectivity index (χ4n) is 3.53. The summed E-state index contributed by atoms with van der Waals surface area (Å²) >= 11 is 3.41. The molecule has 0 aliphatic heterocycles. The van der Waals surface area contributed by atoms with Crippen LogP contribution < -0.4 is 15.0 Å². The second kappa shape index (κ2) is 10.7. The monoisotopic (exact) mass is 550 g/mol. The van der Waals surface area contributed by atoms with Gasteiger partial charge in [0.1, 0.15) is 12.4 Å². The van der Waals surface area contributed by atoms with E-state index in [9.17, 15) is 14.9 Å². The molecule has 0 saturated carbocycles. The first kappa shape index (κ1) is 25.1. The minimum atomic E-state index is -0.445. The quantitative estimate of drug-likeness (QED) is 0.159. The Morgan fingerprint density at radius 2 is 1.86 bits per heavy atom. The highest BCUT2D eigenvalue weighted by Gasteiger charge is 2.14. The molecule has 1 heterocycles. The molecule has 0 aliphatic carbocycles. The maximum Gasteiger partial charge on any atom is 0.282 e. The summed E-state index contributed by atoms with van der Waals surface area (Å²) in [4.78, 5) is 28.2. The van der Waals surface area contributed by atoms with Crippen LogP contribution >= 0.6 is 15.9 Å². The average molecular weight is 551 g/mol. The van der Waals surface area contributed by atoms with Gasteiger partial charge in [-0.05, 0) is 59.7 Å². The molecule has 36 heavy (non-hydrogen) atoms. The van der Waals surface area contributed by atoms with Crippen LogP contribution in [0.1, 0.15) is 36.7 Å². The normalized spacial score (nSPS) is 11.4. The molecule has 0 bridgehead atoms. The fourth-order valence-corrected chi connectivity index (χ4v) is 3.90. The van der Waals surface area contributed by atoms with Crippen LogP contribution in [0.15, 0.2) is 75.0 Å². The van der Waals surface area contributed by atoms with Gasteiger partial charge in [0.25, 0.3) is 11.2 Å². The van der Waals surface area contributed by atoms with E-state index in [1.54, 1.807) is 48.7 Å². The van der Waals surface area contributed by atoms with Gasteiger partial charge in [-0.1, -0.05) is 29.8 Å². The van der Waals surface area contributed by atoms with E-state index >= 15 is 0 Å². The van der Waals surface area contributed by atoms with Crippen molar-refractivity contribution < 1.29 is 14.4 Å². The van der Waals surface area contributed by atoms with Crippen LogP contribution in [0.3, 0.4) is 0 Å². The number of ether oxygens (including phenoxy) is 2. The highest BCUT2D eigenvalue weighted by Crippen LogP contribution is 2.29. The number of nitro benzene ring substituents is 1. The van der Waals surface area contributed by atoms with Crippen molar-refractivity contribution in [1.82, 2.24) is 9.66 Å². The minimum absolute atomic E-state index is 0.0207. The summed E-state index contributed by atoms with van der Waals surface area (Å²) in [6.07, 6.45) is 1.57. The highest BCUT2D eigenvalue weighted by molar-refractivity contribution is 9.10. The molecule has 1 aromatic heterocycles. The van der Waals surface area contributed by atoms with Crippen LogP contribution in [0.25, 0.3) is 10.9 Å². The van der Waals surface area contributed by atoms with Gasteiger partial charge in [-0.25, -0.2) is 4.98 Å². The van der Waals surface area contributed by atoms with Gasteiger partial charge < -0.3 is 9.47 Å². The molecule has 0 unspecified atom stereocenters. The zero-order chi connectivity index (χ0) is 25.8. The summed E-state index contributed by atoms with van der Waals surface area (Å²) in [5.41, 5.74) is 1.87. The van der Waals surface area contributed by atoms with Crippen LogP contribution in [0.4, 0.5) is 5.69 Å². The van der Waals surface area contributed by atoms with Crippen molar-refractivity contribution in [3.8, 4) is 11.5 Å². The topological polar surface area (TPSA) is 109 Å². The molecule has 0 amide bonds. The third kappa shape index (κ3) is 5.44. The highest BCUT2D eigenvalue weighted by atomic mass is 79.9. The number of nitro groups is 1. The predicted molar refractivity (Wildman–Crippen MR) is 141 cm³/mol. The standard InChI is InChI=1S/C26H23BrN4O5/c1-16(2)25-29-22-10-7-19(27)13-21(22)26(32)30(25)28-14-18-6-11-23(24(12-18)35-3)36-15-17-4-8-20(9-5-17)31(33)34/h4-14,16H,15H2,1-3H3. The minimum Gasteiger partial charge on any atom is -0.493 e. The summed E-state index contributed by atoms with van der Waals surface area (Å²) in [6, 6.07) is 16.8. The van der Waals surface area contributed by atoms with Crippen LogP contribution in [-0.2, 0) is 6.61 Å². The number of aromatic nitrogens is 2. The van der Waals surface area contributed by atoms with Gasteiger partial charge in [0.05, 0.1) is 29.2 Å². The number of rotatable bonds is 8. The number of nitrogens with zero attached hydrogens (tertiary/aromatic N) is 4. The Balaban J connectivity index is 1.59. The molecule has 4 aromatic rings. The first-order valence-corrected chi connectivity index (χ1v) is 11.9. The van der Waals surface area contributed by atoms with Crippen molar-refractivity contribution in [1.29, 1.82) is 0 Å². The molecule has 10 heteroatoms. The number of fused-ring (bicyclic) bond motifs is 1. The smallest absolute Gasteiger partial charge is 0.282 e. The molecule has 0 aliphatic rings. The van der Waals surface area contributed by atoms with E-state index in [2.05, 4.69) is 26.0 Å².